The van der Waals surface area contributed by atoms with E-state index in [9.17, 15) is 4.79 Å². The molecule has 0 saturated carbocycles. The first-order chi connectivity index (χ1) is 8.24. The number of amides is 1. The molecule has 1 aromatic heterocycles. The molecule has 1 saturated heterocycles. The van der Waals surface area contributed by atoms with Crippen molar-refractivity contribution in [1.29, 1.82) is 0 Å². The van der Waals surface area contributed by atoms with Gasteiger partial charge in [-0.2, -0.15) is 0 Å². The van der Waals surface area contributed by atoms with Crippen molar-refractivity contribution in [3.63, 3.8) is 0 Å². The Morgan fingerprint density at radius 2 is 2.29 bits per heavy atom. The van der Waals surface area contributed by atoms with Crippen molar-refractivity contribution in [1.82, 2.24) is 15.2 Å². The zero-order valence-corrected chi connectivity index (χ0v) is 11.2. The quantitative estimate of drug-likeness (QED) is 0.891. The maximum atomic E-state index is 12.4. The van der Waals surface area contributed by atoms with Crippen molar-refractivity contribution >= 4 is 17.2 Å². The summed E-state index contributed by atoms with van der Waals surface area (Å²) in [6.07, 6.45) is 2.11. The molecule has 1 aliphatic rings. The molecule has 1 fully saturated rings. The largest absolute Gasteiger partial charge is 0.335 e. The third-order valence-corrected chi connectivity index (χ3v) is 4.21. The predicted molar refractivity (Wildman–Crippen MR) is 69.5 cm³/mol. The SMILES string of the molecule is CCN(C(=O)c1scnc1C)C1CCNCC1. The predicted octanol–water partition coefficient (Wildman–Crippen LogP) is 1.67. The molecule has 2 rings (SSSR count). The van der Waals surface area contributed by atoms with Gasteiger partial charge in [0.2, 0.25) is 0 Å². The zero-order chi connectivity index (χ0) is 12.3. The second kappa shape index (κ2) is 5.60. The van der Waals surface area contributed by atoms with E-state index in [1.165, 1.54) is 11.3 Å². The normalized spacial score (nSPS) is 17.1. The number of carbonyl (C=O) groups excluding carboxylic acids is 1. The van der Waals surface area contributed by atoms with E-state index in [-0.39, 0.29) is 5.91 Å². The Balaban J connectivity index is 2.12. The summed E-state index contributed by atoms with van der Waals surface area (Å²) in [5.74, 6) is 0.152. The highest BCUT2D eigenvalue weighted by atomic mass is 32.1. The molecule has 0 atom stereocenters. The van der Waals surface area contributed by atoms with E-state index in [0.717, 1.165) is 43.0 Å². The number of carbonyl (C=O) groups is 1. The van der Waals surface area contributed by atoms with Crippen LogP contribution in [0.15, 0.2) is 5.51 Å². The van der Waals surface area contributed by atoms with Gasteiger partial charge in [0.25, 0.3) is 5.91 Å². The first-order valence-electron chi connectivity index (χ1n) is 6.15. The first kappa shape index (κ1) is 12.5. The number of piperidine rings is 1. The molecular weight excluding hydrogens is 234 g/mol. The minimum atomic E-state index is 0.152. The second-order valence-electron chi connectivity index (χ2n) is 4.34. The lowest BCUT2D eigenvalue weighted by atomic mass is 10.0. The van der Waals surface area contributed by atoms with Crippen LogP contribution in [0.25, 0.3) is 0 Å². The van der Waals surface area contributed by atoms with Crippen LogP contribution >= 0.6 is 11.3 Å². The minimum absolute atomic E-state index is 0.152. The van der Waals surface area contributed by atoms with Gasteiger partial charge in [-0.1, -0.05) is 0 Å². The number of rotatable bonds is 3. The van der Waals surface area contributed by atoms with Gasteiger partial charge in [0, 0.05) is 12.6 Å². The van der Waals surface area contributed by atoms with Crippen molar-refractivity contribution in [2.24, 2.45) is 0 Å². The summed E-state index contributed by atoms with van der Waals surface area (Å²) in [4.78, 5) is 19.4. The summed E-state index contributed by atoms with van der Waals surface area (Å²) >= 11 is 1.45. The Morgan fingerprint density at radius 3 is 2.82 bits per heavy atom. The molecule has 1 aromatic rings. The van der Waals surface area contributed by atoms with Crippen molar-refractivity contribution in [3.8, 4) is 0 Å². The third kappa shape index (κ3) is 2.66. The van der Waals surface area contributed by atoms with E-state index in [1.807, 2.05) is 11.8 Å². The Hall–Kier alpha value is -0.940. The zero-order valence-electron chi connectivity index (χ0n) is 10.4. The van der Waals surface area contributed by atoms with E-state index in [4.69, 9.17) is 0 Å². The minimum Gasteiger partial charge on any atom is -0.335 e. The molecule has 1 N–H and O–H groups in total. The van der Waals surface area contributed by atoms with Gasteiger partial charge in [-0.25, -0.2) is 4.98 Å². The van der Waals surface area contributed by atoms with Crippen LogP contribution in [0.3, 0.4) is 0 Å². The van der Waals surface area contributed by atoms with Crippen LogP contribution in [-0.4, -0.2) is 41.5 Å². The molecule has 0 unspecified atom stereocenters. The summed E-state index contributed by atoms with van der Waals surface area (Å²) in [5.41, 5.74) is 2.60. The highest BCUT2D eigenvalue weighted by Gasteiger charge is 2.26. The molecule has 2 heterocycles. The fourth-order valence-corrected chi connectivity index (χ4v) is 3.08. The molecule has 0 aromatic carbocycles. The van der Waals surface area contributed by atoms with Crippen LogP contribution in [0, 0.1) is 6.92 Å². The molecule has 0 aliphatic carbocycles. The van der Waals surface area contributed by atoms with Crippen molar-refractivity contribution < 1.29 is 4.79 Å². The van der Waals surface area contributed by atoms with E-state index in [0.29, 0.717) is 6.04 Å². The monoisotopic (exact) mass is 253 g/mol. The highest BCUT2D eigenvalue weighted by molar-refractivity contribution is 7.11. The molecule has 94 valence electrons. The third-order valence-electron chi connectivity index (χ3n) is 3.29. The summed E-state index contributed by atoms with van der Waals surface area (Å²) in [5, 5.41) is 3.33. The van der Waals surface area contributed by atoms with Crippen LogP contribution in [0.1, 0.15) is 35.1 Å². The molecular formula is C12H19N3OS. The van der Waals surface area contributed by atoms with Gasteiger partial charge in [0.15, 0.2) is 0 Å². The van der Waals surface area contributed by atoms with Crippen LogP contribution < -0.4 is 5.32 Å². The summed E-state index contributed by atoms with van der Waals surface area (Å²) < 4.78 is 0. The number of hydrogen-bond donors (Lipinski definition) is 1. The van der Waals surface area contributed by atoms with Gasteiger partial charge in [-0.15, -0.1) is 11.3 Å². The van der Waals surface area contributed by atoms with Crippen LogP contribution in [-0.2, 0) is 0 Å². The van der Waals surface area contributed by atoms with Gasteiger partial charge in [-0.05, 0) is 39.8 Å². The molecule has 1 amide bonds. The van der Waals surface area contributed by atoms with Crippen molar-refractivity contribution in [3.05, 3.63) is 16.1 Å². The molecule has 4 nitrogen and oxygen atoms in total. The molecule has 5 heteroatoms. The number of thiazole rings is 1. The summed E-state index contributed by atoms with van der Waals surface area (Å²) in [7, 11) is 0. The lowest BCUT2D eigenvalue weighted by Gasteiger charge is -2.33. The van der Waals surface area contributed by atoms with E-state index < -0.39 is 0 Å². The van der Waals surface area contributed by atoms with Gasteiger partial charge < -0.3 is 10.2 Å². The maximum Gasteiger partial charge on any atom is 0.266 e. The number of nitrogens with zero attached hydrogens (tertiary/aromatic N) is 2. The Kier molecular flexibility index (Phi) is 4.12. The van der Waals surface area contributed by atoms with E-state index in [2.05, 4.69) is 17.2 Å². The lowest BCUT2D eigenvalue weighted by Crippen LogP contribution is -2.46. The van der Waals surface area contributed by atoms with Gasteiger partial charge in [-0.3, -0.25) is 4.79 Å². The van der Waals surface area contributed by atoms with Crippen molar-refractivity contribution in [2.75, 3.05) is 19.6 Å². The maximum absolute atomic E-state index is 12.4. The summed E-state index contributed by atoms with van der Waals surface area (Å²) in [6.45, 7) is 6.75. The van der Waals surface area contributed by atoms with Crippen molar-refractivity contribution in [2.45, 2.75) is 32.7 Å². The average Bonchev–Trinajstić information content (AvgIpc) is 2.77. The molecule has 0 bridgehead atoms. The molecule has 0 spiro atoms. The topological polar surface area (TPSA) is 45.2 Å². The Labute approximate surface area is 106 Å². The highest BCUT2D eigenvalue weighted by Crippen LogP contribution is 2.19. The number of aryl methyl sites for hydroxylation is 1. The number of hydrogen-bond acceptors (Lipinski definition) is 4. The standard InChI is InChI=1S/C12H19N3OS/c1-3-15(10-4-6-13-7-5-10)12(16)11-9(2)14-8-17-11/h8,10,13H,3-7H2,1-2H3. The first-order valence-corrected chi connectivity index (χ1v) is 7.03. The molecule has 17 heavy (non-hydrogen) atoms. The number of nitrogens with one attached hydrogen (secondary N) is 1. The van der Waals surface area contributed by atoms with Gasteiger partial charge in [0.1, 0.15) is 4.88 Å². The fraction of sp³-hybridized carbons (Fsp3) is 0.667. The lowest BCUT2D eigenvalue weighted by molar-refractivity contribution is 0.0660. The van der Waals surface area contributed by atoms with E-state index in [1.54, 1.807) is 5.51 Å². The second-order valence-corrected chi connectivity index (χ2v) is 5.19. The molecule has 1 aliphatic heterocycles. The number of aromatic nitrogens is 1. The van der Waals surface area contributed by atoms with Crippen LogP contribution in [0.5, 0.6) is 0 Å². The molecule has 0 radical (unpaired) electrons. The van der Waals surface area contributed by atoms with Crippen LogP contribution in [0.2, 0.25) is 0 Å². The Morgan fingerprint density at radius 1 is 1.59 bits per heavy atom. The van der Waals surface area contributed by atoms with Gasteiger partial charge in [0.05, 0.1) is 11.2 Å². The van der Waals surface area contributed by atoms with Crippen LogP contribution in [0.4, 0.5) is 0 Å². The smallest absolute Gasteiger partial charge is 0.266 e. The van der Waals surface area contributed by atoms with Gasteiger partial charge >= 0.3 is 0 Å². The summed E-state index contributed by atoms with van der Waals surface area (Å²) in [6, 6.07) is 0.384. The Bertz CT molecular complexity index is 385. The fourth-order valence-electron chi connectivity index (χ4n) is 2.32. The van der Waals surface area contributed by atoms with E-state index >= 15 is 0 Å². The average molecular weight is 253 g/mol.